The predicted octanol–water partition coefficient (Wildman–Crippen LogP) is 1.07. The molecular weight excluding hydrogens is 195 g/mol. The van der Waals surface area contributed by atoms with Crippen LogP contribution in [-0.2, 0) is 6.54 Å². The second-order valence-electron chi connectivity index (χ2n) is 3.19. The van der Waals surface area contributed by atoms with Crippen molar-refractivity contribution in [3.8, 4) is 0 Å². The Kier molecular flexibility index (Phi) is 2.47. The van der Waals surface area contributed by atoms with Crippen molar-refractivity contribution in [2.45, 2.75) is 6.54 Å². The fourth-order valence-electron chi connectivity index (χ4n) is 1.50. The van der Waals surface area contributed by atoms with Crippen LogP contribution in [0.5, 0.6) is 0 Å². The third-order valence-electron chi connectivity index (χ3n) is 2.12. The molecule has 0 radical (unpaired) electrons. The van der Waals surface area contributed by atoms with Crippen LogP contribution in [0.1, 0.15) is 5.69 Å². The fourth-order valence-corrected chi connectivity index (χ4v) is 1.50. The van der Waals surface area contributed by atoms with Crippen molar-refractivity contribution in [2.24, 2.45) is 0 Å². The quantitative estimate of drug-likeness (QED) is 0.771. The lowest BCUT2D eigenvalue weighted by molar-refractivity contribution is 0.636. The molecule has 4 nitrogen and oxygen atoms in total. The first-order valence-electron chi connectivity index (χ1n) is 4.57. The Balaban J connectivity index is 2.74. The molecule has 0 spiro atoms. The van der Waals surface area contributed by atoms with Crippen LogP contribution in [0.4, 0.5) is 10.3 Å². The molecule has 2 rings (SSSR count). The van der Waals surface area contributed by atoms with Crippen LogP contribution in [-0.4, -0.2) is 17.0 Å². The van der Waals surface area contributed by atoms with E-state index in [1.807, 2.05) is 0 Å². The van der Waals surface area contributed by atoms with Gasteiger partial charge in [-0.2, -0.15) is 0 Å². The molecule has 3 N–H and O–H groups in total. The first-order valence-corrected chi connectivity index (χ1v) is 4.57. The summed E-state index contributed by atoms with van der Waals surface area (Å²) < 4.78 is 13.4. The van der Waals surface area contributed by atoms with Gasteiger partial charge >= 0.3 is 0 Å². The number of hydrogen-bond donors (Lipinski definition) is 2. The van der Waals surface area contributed by atoms with Gasteiger partial charge in [0.05, 0.1) is 5.69 Å². The average Bonchev–Trinajstić information content (AvgIpc) is 2.20. The van der Waals surface area contributed by atoms with Gasteiger partial charge in [0.25, 0.3) is 0 Å². The molecule has 2 aromatic rings. The summed E-state index contributed by atoms with van der Waals surface area (Å²) in [6, 6.07) is 4.78. The van der Waals surface area contributed by atoms with Crippen LogP contribution < -0.4 is 11.1 Å². The number of nitrogens with two attached hydrogens (primary N) is 1. The number of fused-ring (bicyclic) bond motifs is 1. The Bertz CT molecular complexity index is 498. The smallest absolute Gasteiger partial charge is 0.220 e. The molecule has 0 saturated carbocycles. The second kappa shape index (κ2) is 3.78. The van der Waals surface area contributed by atoms with E-state index >= 15 is 0 Å². The molecule has 1 heterocycles. The van der Waals surface area contributed by atoms with Crippen LogP contribution in [0.3, 0.4) is 0 Å². The highest BCUT2D eigenvalue weighted by molar-refractivity contribution is 5.82. The molecule has 78 valence electrons. The van der Waals surface area contributed by atoms with Crippen molar-refractivity contribution >= 4 is 16.9 Å². The maximum Gasteiger partial charge on any atom is 0.220 e. The number of nitrogens with one attached hydrogen (secondary N) is 1. The van der Waals surface area contributed by atoms with Crippen molar-refractivity contribution < 1.29 is 4.39 Å². The van der Waals surface area contributed by atoms with Crippen LogP contribution in [0.15, 0.2) is 18.2 Å². The van der Waals surface area contributed by atoms with Crippen LogP contribution in [0, 0.1) is 5.82 Å². The number of benzene rings is 1. The molecule has 0 amide bonds. The van der Waals surface area contributed by atoms with E-state index in [0.717, 1.165) is 0 Å². The Labute approximate surface area is 86.3 Å². The highest BCUT2D eigenvalue weighted by atomic mass is 19.1. The van der Waals surface area contributed by atoms with Gasteiger partial charge in [0.15, 0.2) is 0 Å². The van der Waals surface area contributed by atoms with Crippen LogP contribution in [0.2, 0.25) is 0 Å². The summed E-state index contributed by atoms with van der Waals surface area (Å²) in [6.07, 6.45) is 0. The molecule has 1 aromatic heterocycles. The Hall–Kier alpha value is -1.75. The van der Waals surface area contributed by atoms with Gasteiger partial charge in [-0.1, -0.05) is 12.1 Å². The number of halogens is 1. The summed E-state index contributed by atoms with van der Waals surface area (Å²) in [7, 11) is 1.80. The Morgan fingerprint density at radius 3 is 2.93 bits per heavy atom. The minimum absolute atomic E-state index is 0.0952. The molecule has 0 aliphatic rings. The summed E-state index contributed by atoms with van der Waals surface area (Å²) in [6.45, 7) is 0.534. The van der Waals surface area contributed by atoms with E-state index in [4.69, 9.17) is 5.73 Å². The van der Waals surface area contributed by atoms with E-state index in [2.05, 4.69) is 15.3 Å². The molecule has 0 bridgehead atoms. The molecule has 0 saturated heterocycles. The zero-order valence-corrected chi connectivity index (χ0v) is 8.29. The largest absolute Gasteiger partial charge is 0.368 e. The molecule has 0 atom stereocenters. The highest BCUT2D eigenvalue weighted by Crippen LogP contribution is 2.19. The molecule has 5 heteroatoms. The lowest BCUT2D eigenvalue weighted by atomic mass is 10.2. The van der Waals surface area contributed by atoms with E-state index in [0.29, 0.717) is 17.6 Å². The van der Waals surface area contributed by atoms with Gasteiger partial charge in [0.2, 0.25) is 5.95 Å². The normalized spacial score (nSPS) is 10.8. The summed E-state index contributed by atoms with van der Waals surface area (Å²) in [4.78, 5) is 7.95. The van der Waals surface area contributed by atoms with E-state index in [9.17, 15) is 4.39 Å². The second-order valence-corrected chi connectivity index (χ2v) is 3.19. The number of aromatic nitrogens is 2. The summed E-state index contributed by atoms with van der Waals surface area (Å²) in [5, 5.41) is 3.65. The van der Waals surface area contributed by atoms with Crippen molar-refractivity contribution in [3.05, 3.63) is 29.7 Å². The summed E-state index contributed by atoms with van der Waals surface area (Å²) >= 11 is 0. The van der Waals surface area contributed by atoms with E-state index in [1.165, 1.54) is 6.07 Å². The first kappa shape index (κ1) is 9.79. The maximum absolute atomic E-state index is 13.4. The van der Waals surface area contributed by atoms with E-state index < -0.39 is 0 Å². The van der Waals surface area contributed by atoms with Gasteiger partial charge in [0.1, 0.15) is 11.3 Å². The molecule has 0 fully saturated rings. The Morgan fingerprint density at radius 1 is 1.40 bits per heavy atom. The molecule has 15 heavy (non-hydrogen) atoms. The van der Waals surface area contributed by atoms with Crippen LogP contribution in [0.25, 0.3) is 10.9 Å². The Morgan fingerprint density at radius 2 is 2.20 bits per heavy atom. The molecular formula is C10H11FN4. The lowest BCUT2D eigenvalue weighted by Crippen LogP contribution is -2.10. The van der Waals surface area contributed by atoms with Gasteiger partial charge in [-0.3, -0.25) is 0 Å². The van der Waals surface area contributed by atoms with Crippen molar-refractivity contribution in [3.63, 3.8) is 0 Å². The van der Waals surface area contributed by atoms with Gasteiger partial charge < -0.3 is 11.1 Å². The number of para-hydroxylation sites is 1. The monoisotopic (exact) mass is 206 g/mol. The summed E-state index contributed by atoms with van der Waals surface area (Å²) in [5.74, 6) is -0.281. The molecule has 0 aliphatic carbocycles. The van der Waals surface area contributed by atoms with E-state index in [1.54, 1.807) is 19.2 Å². The minimum atomic E-state index is -0.376. The zero-order valence-electron chi connectivity index (χ0n) is 8.29. The van der Waals surface area contributed by atoms with Gasteiger partial charge in [-0.25, -0.2) is 14.4 Å². The van der Waals surface area contributed by atoms with Gasteiger partial charge in [-0.05, 0) is 13.1 Å². The number of nitrogen functional groups attached to an aromatic ring is 1. The number of hydrogen-bond acceptors (Lipinski definition) is 4. The molecule has 0 unspecified atom stereocenters. The number of anilines is 1. The highest BCUT2D eigenvalue weighted by Gasteiger charge is 2.08. The molecule has 0 aliphatic heterocycles. The topological polar surface area (TPSA) is 63.8 Å². The van der Waals surface area contributed by atoms with Gasteiger partial charge in [-0.15, -0.1) is 0 Å². The van der Waals surface area contributed by atoms with Gasteiger partial charge in [0, 0.05) is 11.9 Å². The third-order valence-corrected chi connectivity index (χ3v) is 2.12. The third kappa shape index (κ3) is 1.73. The van der Waals surface area contributed by atoms with E-state index in [-0.39, 0.29) is 17.3 Å². The zero-order chi connectivity index (χ0) is 10.8. The average molecular weight is 206 g/mol. The first-order chi connectivity index (χ1) is 7.22. The van der Waals surface area contributed by atoms with Crippen molar-refractivity contribution in [2.75, 3.05) is 12.8 Å². The SMILES string of the molecule is CNCc1nc(N)nc2c(F)cccc12. The number of nitrogens with zero attached hydrogens (tertiary/aromatic N) is 2. The number of rotatable bonds is 2. The predicted molar refractivity (Wildman–Crippen MR) is 56.7 cm³/mol. The fraction of sp³-hybridized carbons (Fsp3) is 0.200. The van der Waals surface area contributed by atoms with Crippen molar-refractivity contribution in [1.82, 2.24) is 15.3 Å². The van der Waals surface area contributed by atoms with Crippen molar-refractivity contribution in [1.29, 1.82) is 0 Å². The lowest BCUT2D eigenvalue weighted by Gasteiger charge is -2.06. The summed E-state index contributed by atoms with van der Waals surface area (Å²) in [5.41, 5.74) is 6.49. The molecule has 1 aromatic carbocycles. The van der Waals surface area contributed by atoms with Crippen LogP contribution >= 0.6 is 0 Å². The standard InChI is InChI=1S/C10H11FN4/c1-13-5-8-6-3-2-4-7(11)9(6)15-10(12)14-8/h2-4,13H,5H2,1H3,(H2,12,14,15). The maximum atomic E-state index is 13.4. The minimum Gasteiger partial charge on any atom is -0.368 e.